The molecule has 3 aromatic heterocycles. The summed E-state index contributed by atoms with van der Waals surface area (Å²) in [6, 6.07) is 30.3. The molecule has 0 aliphatic heterocycles. The molecule has 0 spiro atoms. The number of nitrogens with zero attached hydrogens (tertiary/aromatic N) is 5. The Morgan fingerprint density at radius 1 is 0.844 bits per heavy atom. The van der Waals surface area contributed by atoms with E-state index in [0.29, 0.717) is 11.2 Å². The van der Waals surface area contributed by atoms with Crippen molar-refractivity contribution in [2.45, 2.75) is 0 Å². The van der Waals surface area contributed by atoms with E-state index in [0.717, 1.165) is 43.1 Å². The fraction of sp³-hybridized carbons (Fsp3) is 0. The Kier molecular flexibility index (Phi) is 4.27. The zero-order valence-electron chi connectivity index (χ0n) is 16.8. The van der Waals surface area contributed by atoms with E-state index in [1.165, 1.54) is 0 Å². The molecule has 0 amide bonds. The monoisotopic (exact) mass is 429 g/mol. The van der Waals surface area contributed by atoms with E-state index < -0.39 is 0 Å². The van der Waals surface area contributed by atoms with Gasteiger partial charge < -0.3 is 0 Å². The fourth-order valence-electron chi connectivity index (χ4n) is 3.92. The van der Waals surface area contributed by atoms with Crippen LogP contribution < -0.4 is 0 Å². The van der Waals surface area contributed by atoms with Crippen molar-refractivity contribution in [2.75, 3.05) is 0 Å². The minimum absolute atomic E-state index is 0.487. The lowest BCUT2D eigenvalue weighted by molar-refractivity contribution is 0.901. The third kappa shape index (κ3) is 2.88. The van der Waals surface area contributed by atoms with Gasteiger partial charge in [-0.05, 0) is 24.3 Å². The van der Waals surface area contributed by atoms with Crippen molar-refractivity contribution in [3.8, 4) is 33.6 Å². The Bertz CT molecular complexity index is 1590. The van der Waals surface area contributed by atoms with Crippen LogP contribution in [0.25, 0.3) is 48.8 Å². The van der Waals surface area contributed by atoms with Gasteiger partial charge in [0.25, 0.3) is 0 Å². The van der Waals surface area contributed by atoms with Gasteiger partial charge in [-0.25, -0.2) is 14.6 Å². The standard InChI is InChI=1S/C26H15N5S/c27-15-18-16-28-25-23(22(18)26-29-20-13-7-8-14-21(20)32-26)24(17-9-3-1-4-10-17)30-31(25)19-11-5-2-6-12-19/h1-14,16H. The first-order chi connectivity index (χ1) is 15.8. The lowest BCUT2D eigenvalue weighted by atomic mass is 10.0. The molecule has 5 nitrogen and oxygen atoms in total. The Hall–Kier alpha value is -4.34. The number of rotatable bonds is 3. The molecule has 6 heteroatoms. The summed E-state index contributed by atoms with van der Waals surface area (Å²) in [7, 11) is 0. The van der Waals surface area contributed by atoms with Gasteiger partial charge in [-0.15, -0.1) is 11.3 Å². The van der Waals surface area contributed by atoms with E-state index in [2.05, 4.69) is 11.1 Å². The van der Waals surface area contributed by atoms with Crippen LogP contribution in [0.15, 0.2) is 91.1 Å². The average Bonchev–Trinajstić information content (AvgIpc) is 3.46. The highest BCUT2D eigenvalue weighted by Crippen LogP contribution is 2.40. The Morgan fingerprint density at radius 2 is 1.56 bits per heavy atom. The lowest BCUT2D eigenvalue weighted by Crippen LogP contribution is -1.98. The highest BCUT2D eigenvalue weighted by molar-refractivity contribution is 7.21. The summed E-state index contributed by atoms with van der Waals surface area (Å²) >= 11 is 1.58. The molecule has 3 heterocycles. The summed E-state index contributed by atoms with van der Waals surface area (Å²) in [5.41, 5.74) is 5.53. The second-order valence-electron chi connectivity index (χ2n) is 7.31. The Balaban J connectivity index is 1.75. The molecule has 6 rings (SSSR count). The molecular weight excluding hydrogens is 414 g/mol. The Labute approximate surface area is 187 Å². The van der Waals surface area contributed by atoms with Crippen LogP contribution in [0.4, 0.5) is 0 Å². The van der Waals surface area contributed by atoms with Crippen molar-refractivity contribution in [3.05, 3.63) is 96.7 Å². The number of benzene rings is 3. The van der Waals surface area contributed by atoms with Crippen molar-refractivity contribution in [1.82, 2.24) is 19.7 Å². The fourth-order valence-corrected chi connectivity index (χ4v) is 4.95. The first kappa shape index (κ1) is 18.4. The molecule has 0 aliphatic rings. The van der Waals surface area contributed by atoms with E-state index in [4.69, 9.17) is 10.1 Å². The summed E-state index contributed by atoms with van der Waals surface area (Å²) in [6.07, 6.45) is 1.62. The zero-order valence-corrected chi connectivity index (χ0v) is 17.6. The van der Waals surface area contributed by atoms with Crippen LogP contribution in [0.1, 0.15) is 5.56 Å². The van der Waals surface area contributed by atoms with Crippen LogP contribution in [0.5, 0.6) is 0 Å². The van der Waals surface area contributed by atoms with Gasteiger partial charge in [0.05, 0.1) is 26.9 Å². The van der Waals surface area contributed by atoms with Crippen molar-refractivity contribution < 1.29 is 0 Å². The summed E-state index contributed by atoms with van der Waals surface area (Å²) < 4.78 is 2.92. The number of nitriles is 1. The SMILES string of the molecule is N#Cc1cnc2c(c(-c3ccccc3)nn2-c2ccccc2)c1-c1nc2ccccc2s1. The number of para-hydroxylation sites is 2. The molecule has 0 saturated carbocycles. The molecule has 0 atom stereocenters. The third-order valence-corrected chi connectivity index (χ3v) is 6.43. The summed E-state index contributed by atoms with van der Waals surface area (Å²) in [6.45, 7) is 0. The second kappa shape index (κ2) is 7.41. The Morgan fingerprint density at radius 3 is 2.31 bits per heavy atom. The number of thiazole rings is 1. The smallest absolute Gasteiger partial charge is 0.164 e. The molecule has 0 saturated heterocycles. The number of aromatic nitrogens is 4. The normalized spacial score (nSPS) is 11.1. The zero-order chi connectivity index (χ0) is 21.5. The summed E-state index contributed by atoms with van der Waals surface area (Å²) in [5.74, 6) is 0. The maximum Gasteiger partial charge on any atom is 0.164 e. The molecule has 0 fully saturated rings. The highest BCUT2D eigenvalue weighted by Gasteiger charge is 2.23. The molecule has 3 aromatic carbocycles. The molecule has 0 bridgehead atoms. The van der Waals surface area contributed by atoms with Crippen LogP contribution in [0, 0.1) is 11.3 Å². The van der Waals surface area contributed by atoms with E-state index in [1.807, 2.05) is 89.6 Å². The molecule has 0 aliphatic carbocycles. The van der Waals surface area contributed by atoms with Gasteiger partial charge in [-0.3, -0.25) is 0 Å². The van der Waals surface area contributed by atoms with Crippen LogP contribution >= 0.6 is 11.3 Å². The van der Waals surface area contributed by atoms with E-state index in [-0.39, 0.29) is 0 Å². The number of pyridine rings is 1. The quantitative estimate of drug-likeness (QED) is 0.334. The van der Waals surface area contributed by atoms with Gasteiger partial charge in [0, 0.05) is 17.3 Å². The molecular formula is C26H15N5S. The second-order valence-corrected chi connectivity index (χ2v) is 8.34. The van der Waals surface area contributed by atoms with Crippen LogP contribution in [0.3, 0.4) is 0 Å². The molecule has 0 N–H and O–H groups in total. The predicted molar refractivity (Wildman–Crippen MR) is 128 cm³/mol. The van der Waals surface area contributed by atoms with Crippen molar-refractivity contribution in [1.29, 1.82) is 5.26 Å². The van der Waals surface area contributed by atoms with E-state index in [9.17, 15) is 5.26 Å². The first-order valence-corrected chi connectivity index (χ1v) is 10.9. The highest BCUT2D eigenvalue weighted by atomic mass is 32.1. The largest absolute Gasteiger partial charge is 0.236 e. The summed E-state index contributed by atoms with van der Waals surface area (Å²) in [5, 5.41) is 16.5. The molecule has 0 unspecified atom stereocenters. The van der Waals surface area contributed by atoms with Gasteiger partial charge in [0.1, 0.15) is 16.8 Å². The lowest BCUT2D eigenvalue weighted by Gasteiger charge is -2.05. The van der Waals surface area contributed by atoms with Gasteiger partial charge >= 0.3 is 0 Å². The molecule has 0 radical (unpaired) electrons. The van der Waals surface area contributed by atoms with Crippen LogP contribution in [-0.2, 0) is 0 Å². The van der Waals surface area contributed by atoms with Crippen LogP contribution in [-0.4, -0.2) is 19.7 Å². The molecule has 6 aromatic rings. The third-order valence-electron chi connectivity index (χ3n) is 5.37. The van der Waals surface area contributed by atoms with Gasteiger partial charge in [0.15, 0.2) is 5.65 Å². The molecule has 150 valence electrons. The van der Waals surface area contributed by atoms with Crippen molar-refractivity contribution in [3.63, 3.8) is 0 Å². The van der Waals surface area contributed by atoms with Crippen LogP contribution in [0.2, 0.25) is 0 Å². The van der Waals surface area contributed by atoms with Crippen molar-refractivity contribution >= 4 is 32.6 Å². The van der Waals surface area contributed by atoms with Gasteiger partial charge in [-0.1, -0.05) is 60.7 Å². The topological polar surface area (TPSA) is 67.4 Å². The average molecular weight is 430 g/mol. The van der Waals surface area contributed by atoms with E-state index in [1.54, 1.807) is 17.5 Å². The maximum atomic E-state index is 9.96. The first-order valence-electron chi connectivity index (χ1n) is 10.1. The van der Waals surface area contributed by atoms with Gasteiger partial charge in [0.2, 0.25) is 0 Å². The summed E-state index contributed by atoms with van der Waals surface area (Å²) in [4.78, 5) is 9.53. The minimum atomic E-state index is 0.487. The number of hydrogen-bond acceptors (Lipinski definition) is 5. The maximum absolute atomic E-state index is 9.96. The predicted octanol–water partition coefficient (Wildman–Crippen LogP) is 6.24. The van der Waals surface area contributed by atoms with E-state index >= 15 is 0 Å². The minimum Gasteiger partial charge on any atom is -0.236 e. The number of fused-ring (bicyclic) bond motifs is 2. The van der Waals surface area contributed by atoms with Gasteiger partial charge in [-0.2, -0.15) is 10.4 Å². The molecule has 32 heavy (non-hydrogen) atoms. The van der Waals surface area contributed by atoms with Crippen molar-refractivity contribution in [2.24, 2.45) is 0 Å². The number of hydrogen-bond donors (Lipinski definition) is 0.